The lowest BCUT2D eigenvalue weighted by Gasteiger charge is -2.41. The molecule has 0 aromatic heterocycles. The lowest BCUT2D eigenvalue weighted by Crippen LogP contribution is -2.47. The number of rotatable bonds is 7. The van der Waals surface area contributed by atoms with Crippen molar-refractivity contribution in [2.75, 3.05) is 40.4 Å². The zero-order valence-corrected chi connectivity index (χ0v) is 12.1. The molecule has 0 radical (unpaired) electrons. The molecule has 3 heteroatoms. The van der Waals surface area contributed by atoms with Crippen molar-refractivity contribution in [2.24, 2.45) is 5.41 Å². The molecule has 0 aliphatic carbocycles. The fourth-order valence-electron chi connectivity index (χ4n) is 2.89. The summed E-state index contributed by atoms with van der Waals surface area (Å²) in [6.07, 6.45) is 4.95. The molecule has 1 rings (SSSR count). The Kier molecular flexibility index (Phi) is 6.45. The Morgan fingerprint density at radius 1 is 1.35 bits per heavy atom. The lowest BCUT2D eigenvalue weighted by atomic mass is 9.79. The minimum atomic E-state index is 0.420. The van der Waals surface area contributed by atoms with Gasteiger partial charge in [0.05, 0.1) is 0 Å². The average Bonchev–Trinajstić information content (AvgIpc) is 2.30. The van der Waals surface area contributed by atoms with Crippen molar-refractivity contribution >= 4 is 0 Å². The molecule has 0 aromatic carbocycles. The zero-order chi connectivity index (χ0) is 12.7. The third-order valence-corrected chi connectivity index (χ3v) is 4.15. The second-order valence-electron chi connectivity index (χ2n) is 5.70. The molecule has 1 heterocycles. The van der Waals surface area contributed by atoms with E-state index in [4.69, 9.17) is 4.74 Å². The summed E-state index contributed by atoms with van der Waals surface area (Å²) < 4.78 is 5.51. The highest BCUT2D eigenvalue weighted by Crippen LogP contribution is 2.31. The van der Waals surface area contributed by atoms with E-state index in [0.717, 1.165) is 19.8 Å². The van der Waals surface area contributed by atoms with Gasteiger partial charge in [0.2, 0.25) is 0 Å². The Hall–Kier alpha value is -0.120. The number of nitrogens with zero attached hydrogens (tertiary/aromatic N) is 1. The Morgan fingerprint density at radius 3 is 2.53 bits per heavy atom. The maximum Gasteiger partial charge on any atom is 0.0472 e. The van der Waals surface area contributed by atoms with Crippen molar-refractivity contribution in [3.8, 4) is 0 Å². The van der Waals surface area contributed by atoms with Crippen molar-refractivity contribution in [1.82, 2.24) is 10.2 Å². The molecule has 1 unspecified atom stereocenters. The summed E-state index contributed by atoms with van der Waals surface area (Å²) >= 11 is 0. The molecule has 0 amide bonds. The van der Waals surface area contributed by atoms with E-state index in [1.165, 1.54) is 32.2 Å². The van der Waals surface area contributed by atoms with E-state index in [2.05, 4.69) is 38.2 Å². The van der Waals surface area contributed by atoms with Crippen LogP contribution in [0.1, 0.15) is 39.5 Å². The van der Waals surface area contributed by atoms with E-state index in [9.17, 15) is 0 Å². The second-order valence-corrected chi connectivity index (χ2v) is 5.70. The van der Waals surface area contributed by atoms with Crippen LogP contribution in [0.2, 0.25) is 0 Å². The standard InChI is InChI=1S/C14H30N2O/c1-5-6-13(2)16(4)12-14(11-15-3)7-9-17-10-8-14/h13,15H,5-12H2,1-4H3. The van der Waals surface area contributed by atoms with E-state index in [1.807, 2.05) is 0 Å². The Balaban J connectivity index is 2.52. The molecule has 0 aromatic rings. The molecule has 1 aliphatic heterocycles. The highest BCUT2D eigenvalue weighted by atomic mass is 16.5. The molecule has 3 nitrogen and oxygen atoms in total. The van der Waals surface area contributed by atoms with Crippen LogP contribution in [-0.2, 0) is 4.74 Å². The normalized spacial score (nSPS) is 21.7. The molecule has 1 atom stereocenters. The summed E-state index contributed by atoms with van der Waals surface area (Å²) in [5.74, 6) is 0. The maximum atomic E-state index is 5.51. The van der Waals surface area contributed by atoms with E-state index in [1.54, 1.807) is 0 Å². The highest BCUT2D eigenvalue weighted by molar-refractivity contribution is 4.87. The quantitative estimate of drug-likeness (QED) is 0.740. The third kappa shape index (κ3) is 4.57. The number of hydrogen-bond acceptors (Lipinski definition) is 3. The second kappa shape index (κ2) is 7.34. The van der Waals surface area contributed by atoms with Crippen LogP contribution in [0.3, 0.4) is 0 Å². The molecule has 1 N–H and O–H groups in total. The fourth-order valence-corrected chi connectivity index (χ4v) is 2.89. The number of hydrogen-bond donors (Lipinski definition) is 1. The van der Waals surface area contributed by atoms with E-state index in [0.29, 0.717) is 11.5 Å². The summed E-state index contributed by atoms with van der Waals surface area (Å²) in [5, 5.41) is 3.37. The van der Waals surface area contributed by atoms with Gasteiger partial charge in [0.15, 0.2) is 0 Å². The molecule has 0 bridgehead atoms. The maximum absolute atomic E-state index is 5.51. The van der Waals surface area contributed by atoms with E-state index < -0.39 is 0 Å². The zero-order valence-electron chi connectivity index (χ0n) is 12.1. The van der Waals surface area contributed by atoms with Gasteiger partial charge in [-0.2, -0.15) is 0 Å². The average molecular weight is 242 g/mol. The van der Waals surface area contributed by atoms with Gasteiger partial charge in [-0.1, -0.05) is 13.3 Å². The van der Waals surface area contributed by atoms with Crippen LogP contribution in [-0.4, -0.2) is 51.3 Å². The molecule has 17 heavy (non-hydrogen) atoms. The largest absolute Gasteiger partial charge is 0.381 e. The van der Waals surface area contributed by atoms with Crippen LogP contribution in [0, 0.1) is 5.41 Å². The topological polar surface area (TPSA) is 24.5 Å². The predicted octanol–water partition coefficient (Wildman–Crippen LogP) is 2.12. The minimum absolute atomic E-state index is 0.420. The predicted molar refractivity (Wildman–Crippen MR) is 73.4 cm³/mol. The smallest absolute Gasteiger partial charge is 0.0472 e. The Labute approximate surface area is 107 Å². The van der Waals surface area contributed by atoms with E-state index in [-0.39, 0.29) is 0 Å². The minimum Gasteiger partial charge on any atom is -0.381 e. The number of nitrogens with one attached hydrogen (secondary N) is 1. The van der Waals surface area contributed by atoms with Gasteiger partial charge in [0.1, 0.15) is 0 Å². The third-order valence-electron chi connectivity index (χ3n) is 4.15. The molecular weight excluding hydrogens is 212 g/mol. The van der Waals surface area contributed by atoms with Crippen molar-refractivity contribution < 1.29 is 4.74 Å². The number of ether oxygens (including phenoxy) is 1. The Bertz CT molecular complexity index is 197. The van der Waals surface area contributed by atoms with Crippen LogP contribution in [0.5, 0.6) is 0 Å². The first-order chi connectivity index (χ1) is 8.13. The van der Waals surface area contributed by atoms with Gasteiger partial charge in [-0.15, -0.1) is 0 Å². The first-order valence-electron chi connectivity index (χ1n) is 7.06. The van der Waals surface area contributed by atoms with Crippen LogP contribution < -0.4 is 5.32 Å². The van der Waals surface area contributed by atoms with Crippen LogP contribution in [0.25, 0.3) is 0 Å². The van der Waals surface area contributed by atoms with E-state index >= 15 is 0 Å². The van der Waals surface area contributed by atoms with Crippen molar-refractivity contribution in [3.05, 3.63) is 0 Å². The summed E-state index contributed by atoms with van der Waals surface area (Å²) in [6.45, 7) is 8.77. The van der Waals surface area contributed by atoms with Gasteiger partial charge in [0, 0.05) is 32.3 Å². The first-order valence-corrected chi connectivity index (χ1v) is 7.06. The van der Waals surface area contributed by atoms with Crippen LogP contribution in [0.15, 0.2) is 0 Å². The van der Waals surface area contributed by atoms with Gasteiger partial charge in [-0.3, -0.25) is 0 Å². The van der Waals surface area contributed by atoms with Gasteiger partial charge in [0.25, 0.3) is 0 Å². The van der Waals surface area contributed by atoms with Gasteiger partial charge >= 0.3 is 0 Å². The summed E-state index contributed by atoms with van der Waals surface area (Å²) in [4.78, 5) is 2.53. The van der Waals surface area contributed by atoms with Crippen molar-refractivity contribution in [1.29, 1.82) is 0 Å². The van der Waals surface area contributed by atoms with Crippen molar-refractivity contribution in [3.63, 3.8) is 0 Å². The fraction of sp³-hybridized carbons (Fsp3) is 1.00. The Morgan fingerprint density at radius 2 is 2.00 bits per heavy atom. The molecule has 102 valence electrons. The SMILES string of the molecule is CCCC(C)N(C)CC1(CNC)CCOCC1. The summed E-state index contributed by atoms with van der Waals surface area (Å²) in [7, 11) is 4.33. The van der Waals surface area contributed by atoms with Gasteiger partial charge in [-0.25, -0.2) is 0 Å². The first kappa shape index (κ1) is 14.9. The van der Waals surface area contributed by atoms with Gasteiger partial charge in [-0.05, 0) is 45.7 Å². The van der Waals surface area contributed by atoms with Crippen LogP contribution in [0.4, 0.5) is 0 Å². The molecule has 1 saturated heterocycles. The summed E-state index contributed by atoms with van der Waals surface area (Å²) in [5.41, 5.74) is 0.420. The summed E-state index contributed by atoms with van der Waals surface area (Å²) in [6, 6.07) is 0.691. The lowest BCUT2D eigenvalue weighted by molar-refractivity contribution is -0.00526. The van der Waals surface area contributed by atoms with Gasteiger partial charge < -0.3 is 15.0 Å². The highest BCUT2D eigenvalue weighted by Gasteiger charge is 2.33. The molecule has 1 aliphatic rings. The molecular formula is C14H30N2O. The molecule has 1 fully saturated rings. The van der Waals surface area contributed by atoms with Crippen molar-refractivity contribution in [2.45, 2.75) is 45.6 Å². The molecule has 0 spiro atoms. The van der Waals surface area contributed by atoms with Crippen LogP contribution >= 0.6 is 0 Å². The molecule has 0 saturated carbocycles. The monoisotopic (exact) mass is 242 g/mol.